The third-order valence-electron chi connectivity index (χ3n) is 4.84. The maximum atomic E-state index is 12.9. The minimum atomic E-state index is -3.62. The van der Waals surface area contributed by atoms with Crippen LogP contribution in [0.15, 0.2) is 52.3 Å². The topological polar surface area (TPSA) is 75.7 Å². The van der Waals surface area contributed by atoms with Crippen molar-refractivity contribution in [2.75, 3.05) is 32.5 Å². The Labute approximate surface area is 187 Å². The summed E-state index contributed by atoms with van der Waals surface area (Å²) in [6.45, 7) is 1.45. The fourth-order valence-corrected chi connectivity index (χ4v) is 5.68. The van der Waals surface area contributed by atoms with Crippen molar-refractivity contribution < 1.29 is 17.9 Å². The van der Waals surface area contributed by atoms with Crippen LogP contribution in [0.1, 0.15) is 29.6 Å². The molecule has 0 aliphatic carbocycles. The van der Waals surface area contributed by atoms with Gasteiger partial charge in [0, 0.05) is 35.3 Å². The van der Waals surface area contributed by atoms with E-state index in [4.69, 9.17) is 16.3 Å². The summed E-state index contributed by atoms with van der Waals surface area (Å²) in [4.78, 5) is 13.9. The van der Waals surface area contributed by atoms with E-state index in [2.05, 4.69) is 5.32 Å². The summed E-state index contributed by atoms with van der Waals surface area (Å²) in [5, 5.41) is 3.52. The van der Waals surface area contributed by atoms with Gasteiger partial charge >= 0.3 is 0 Å². The van der Waals surface area contributed by atoms with Crippen LogP contribution in [0, 0.1) is 0 Å². The van der Waals surface area contributed by atoms with Gasteiger partial charge in [-0.1, -0.05) is 18.0 Å². The maximum Gasteiger partial charge on any atom is 0.255 e. The lowest BCUT2D eigenvalue weighted by molar-refractivity contribution is 0.0953. The molecule has 0 saturated carbocycles. The molecule has 1 amide bonds. The van der Waals surface area contributed by atoms with E-state index >= 15 is 0 Å². The molecule has 9 heteroatoms. The Kier molecular flexibility index (Phi) is 8.05. The number of piperidine rings is 1. The van der Waals surface area contributed by atoms with E-state index in [0.29, 0.717) is 36.2 Å². The molecular formula is C21H25ClN2O4S2. The van der Waals surface area contributed by atoms with E-state index in [9.17, 15) is 13.2 Å². The first-order chi connectivity index (χ1) is 14.4. The number of ether oxygens (including phenoxy) is 1. The highest BCUT2D eigenvalue weighted by Crippen LogP contribution is 2.26. The largest absolute Gasteiger partial charge is 0.496 e. The third kappa shape index (κ3) is 5.69. The van der Waals surface area contributed by atoms with Crippen molar-refractivity contribution >= 4 is 39.3 Å². The molecule has 30 heavy (non-hydrogen) atoms. The molecule has 0 bridgehead atoms. The fraction of sp³-hybridized carbons (Fsp3) is 0.381. The first kappa shape index (κ1) is 22.9. The molecule has 0 spiro atoms. The zero-order valence-electron chi connectivity index (χ0n) is 16.8. The van der Waals surface area contributed by atoms with Crippen LogP contribution in [-0.2, 0) is 10.0 Å². The number of amides is 1. The number of halogens is 1. The Morgan fingerprint density at radius 2 is 1.83 bits per heavy atom. The smallest absolute Gasteiger partial charge is 0.255 e. The Bertz CT molecular complexity index is 975. The standard InChI is InChI=1S/C21H25ClN2O4S2/c1-28-20-10-9-18(30(26,27)24-12-3-2-4-13-24)15-19(20)21(25)23-11-14-29-17-7-5-16(22)6-8-17/h5-10,15H,2-4,11-14H2,1H3,(H,23,25). The van der Waals surface area contributed by atoms with Gasteiger partial charge in [0.15, 0.2) is 0 Å². The zero-order chi connectivity index (χ0) is 21.6. The van der Waals surface area contributed by atoms with E-state index in [1.165, 1.54) is 29.6 Å². The van der Waals surface area contributed by atoms with Gasteiger partial charge in [-0.15, -0.1) is 11.8 Å². The highest BCUT2D eigenvalue weighted by atomic mass is 35.5. The van der Waals surface area contributed by atoms with Gasteiger partial charge in [0.05, 0.1) is 17.6 Å². The number of methoxy groups -OCH3 is 1. The van der Waals surface area contributed by atoms with Crippen molar-refractivity contribution in [3.8, 4) is 5.75 Å². The van der Waals surface area contributed by atoms with Crippen molar-refractivity contribution in [3.05, 3.63) is 53.1 Å². The molecular weight excluding hydrogens is 444 g/mol. The molecule has 6 nitrogen and oxygen atoms in total. The molecule has 0 radical (unpaired) electrons. The number of sulfonamides is 1. The Hall–Kier alpha value is -1.74. The van der Waals surface area contributed by atoms with Crippen LogP contribution in [0.2, 0.25) is 5.02 Å². The van der Waals surface area contributed by atoms with E-state index in [1.54, 1.807) is 11.8 Å². The number of thioether (sulfide) groups is 1. The van der Waals surface area contributed by atoms with E-state index in [0.717, 1.165) is 24.2 Å². The van der Waals surface area contributed by atoms with Crippen molar-refractivity contribution in [1.29, 1.82) is 0 Å². The number of benzene rings is 2. The summed E-state index contributed by atoms with van der Waals surface area (Å²) in [6, 6.07) is 11.9. The summed E-state index contributed by atoms with van der Waals surface area (Å²) >= 11 is 7.48. The van der Waals surface area contributed by atoms with Crippen LogP contribution in [0.5, 0.6) is 5.75 Å². The van der Waals surface area contributed by atoms with Crippen molar-refractivity contribution in [3.63, 3.8) is 0 Å². The number of carbonyl (C=O) groups excluding carboxylic acids is 1. The molecule has 2 aromatic carbocycles. The van der Waals surface area contributed by atoms with Gasteiger partial charge in [-0.3, -0.25) is 4.79 Å². The second kappa shape index (κ2) is 10.5. The van der Waals surface area contributed by atoms with Gasteiger partial charge in [-0.25, -0.2) is 8.42 Å². The maximum absolute atomic E-state index is 12.9. The summed E-state index contributed by atoms with van der Waals surface area (Å²) in [7, 11) is -2.17. The number of rotatable bonds is 8. The molecule has 0 atom stereocenters. The predicted molar refractivity (Wildman–Crippen MR) is 120 cm³/mol. The molecule has 2 aromatic rings. The number of hydrogen-bond acceptors (Lipinski definition) is 5. The predicted octanol–water partition coefficient (Wildman–Crippen LogP) is 4.05. The van der Waals surface area contributed by atoms with Gasteiger partial charge < -0.3 is 10.1 Å². The molecule has 1 heterocycles. The van der Waals surface area contributed by atoms with Gasteiger partial charge in [-0.2, -0.15) is 4.31 Å². The molecule has 0 unspecified atom stereocenters. The first-order valence-electron chi connectivity index (χ1n) is 9.76. The summed E-state index contributed by atoms with van der Waals surface area (Å²) in [5.74, 6) is 0.649. The first-order valence-corrected chi connectivity index (χ1v) is 12.6. The normalized spacial score (nSPS) is 15.0. The minimum absolute atomic E-state index is 0.117. The summed E-state index contributed by atoms with van der Waals surface area (Å²) in [5.41, 5.74) is 0.215. The molecule has 0 aromatic heterocycles. The van der Waals surface area contributed by atoms with E-state index in [-0.39, 0.29) is 16.4 Å². The Morgan fingerprint density at radius 1 is 1.13 bits per heavy atom. The van der Waals surface area contributed by atoms with Crippen molar-refractivity contribution in [2.45, 2.75) is 29.1 Å². The van der Waals surface area contributed by atoms with E-state index in [1.807, 2.05) is 24.3 Å². The van der Waals surface area contributed by atoms with Crippen LogP contribution in [0.3, 0.4) is 0 Å². The number of carbonyl (C=O) groups is 1. The van der Waals surface area contributed by atoms with Gasteiger partial charge in [0.1, 0.15) is 5.75 Å². The summed E-state index contributed by atoms with van der Waals surface area (Å²) < 4.78 is 32.7. The molecule has 1 N–H and O–H groups in total. The number of hydrogen-bond donors (Lipinski definition) is 1. The lowest BCUT2D eigenvalue weighted by atomic mass is 10.2. The van der Waals surface area contributed by atoms with Crippen LogP contribution >= 0.6 is 23.4 Å². The zero-order valence-corrected chi connectivity index (χ0v) is 19.2. The van der Waals surface area contributed by atoms with Crippen LogP contribution < -0.4 is 10.1 Å². The number of nitrogens with one attached hydrogen (secondary N) is 1. The average molecular weight is 469 g/mol. The van der Waals surface area contributed by atoms with E-state index < -0.39 is 10.0 Å². The quantitative estimate of drug-likeness (QED) is 0.467. The highest BCUT2D eigenvalue weighted by Gasteiger charge is 2.27. The van der Waals surface area contributed by atoms with Gasteiger partial charge in [0.25, 0.3) is 5.91 Å². The molecule has 3 rings (SSSR count). The monoisotopic (exact) mass is 468 g/mol. The van der Waals surface area contributed by atoms with Crippen LogP contribution in [-0.4, -0.2) is 51.1 Å². The average Bonchev–Trinajstić information content (AvgIpc) is 2.78. The van der Waals surface area contributed by atoms with Crippen molar-refractivity contribution in [2.24, 2.45) is 0 Å². The summed E-state index contributed by atoms with van der Waals surface area (Å²) in [6.07, 6.45) is 2.75. The lowest BCUT2D eigenvalue weighted by Crippen LogP contribution is -2.35. The fourth-order valence-electron chi connectivity index (χ4n) is 3.24. The number of nitrogens with zero attached hydrogens (tertiary/aromatic N) is 1. The molecule has 1 saturated heterocycles. The Balaban J connectivity index is 1.66. The molecule has 1 aliphatic rings. The third-order valence-corrected chi connectivity index (χ3v) is 8.00. The SMILES string of the molecule is COc1ccc(S(=O)(=O)N2CCCCC2)cc1C(=O)NCCSc1ccc(Cl)cc1. The minimum Gasteiger partial charge on any atom is -0.496 e. The second-order valence-corrected chi connectivity index (χ2v) is 10.4. The van der Waals surface area contributed by atoms with Crippen LogP contribution in [0.4, 0.5) is 0 Å². The Morgan fingerprint density at radius 3 is 2.50 bits per heavy atom. The lowest BCUT2D eigenvalue weighted by Gasteiger charge is -2.26. The highest BCUT2D eigenvalue weighted by molar-refractivity contribution is 7.99. The van der Waals surface area contributed by atoms with Crippen LogP contribution in [0.25, 0.3) is 0 Å². The molecule has 162 valence electrons. The van der Waals surface area contributed by atoms with Gasteiger partial charge in [-0.05, 0) is 55.3 Å². The molecule has 1 fully saturated rings. The van der Waals surface area contributed by atoms with Gasteiger partial charge in [0.2, 0.25) is 10.0 Å². The van der Waals surface area contributed by atoms with Crippen molar-refractivity contribution in [1.82, 2.24) is 9.62 Å². The molecule has 1 aliphatic heterocycles. The second-order valence-electron chi connectivity index (χ2n) is 6.89.